The SMILES string of the molecule is CCCCCC/C=C/CCCCCCCC(=O)O[C@@H](CO)COC(=O)CCC/C=C/C/C=C/C/C=C/C/C=C/CCCCCCCCC. The Labute approximate surface area is 296 Å². The summed E-state index contributed by atoms with van der Waals surface area (Å²) in [5.74, 6) is -0.670. The fourth-order valence-electron chi connectivity index (χ4n) is 5.25. The van der Waals surface area contributed by atoms with E-state index in [1.807, 2.05) is 0 Å². The van der Waals surface area contributed by atoms with Crippen LogP contribution in [0.4, 0.5) is 0 Å². The molecule has 0 aromatic carbocycles. The normalized spacial score (nSPS) is 12.8. The maximum atomic E-state index is 12.1. The molecule has 0 radical (unpaired) electrons. The van der Waals surface area contributed by atoms with Gasteiger partial charge in [-0.1, -0.05) is 152 Å². The molecule has 0 aliphatic rings. The molecule has 0 aromatic heterocycles. The van der Waals surface area contributed by atoms with Gasteiger partial charge in [0.05, 0.1) is 6.61 Å². The first-order chi connectivity index (χ1) is 23.6. The number of rotatable bonds is 35. The highest BCUT2D eigenvalue weighted by atomic mass is 16.6. The Balaban J connectivity index is 3.69. The topological polar surface area (TPSA) is 72.8 Å². The minimum absolute atomic E-state index is 0.0994. The van der Waals surface area contributed by atoms with Crippen LogP contribution >= 0.6 is 0 Å². The summed E-state index contributed by atoms with van der Waals surface area (Å²) in [5.41, 5.74) is 0. The van der Waals surface area contributed by atoms with Crippen LogP contribution < -0.4 is 0 Å². The van der Waals surface area contributed by atoms with Crippen molar-refractivity contribution in [2.75, 3.05) is 13.2 Å². The van der Waals surface area contributed by atoms with Gasteiger partial charge in [0.1, 0.15) is 6.61 Å². The zero-order valence-corrected chi connectivity index (χ0v) is 31.2. The van der Waals surface area contributed by atoms with Crippen molar-refractivity contribution in [1.29, 1.82) is 0 Å². The molecule has 0 aliphatic heterocycles. The number of carbonyl (C=O) groups is 2. The molecule has 0 saturated heterocycles. The van der Waals surface area contributed by atoms with E-state index in [-0.39, 0.29) is 25.2 Å². The van der Waals surface area contributed by atoms with E-state index in [4.69, 9.17) is 9.47 Å². The van der Waals surface area contributed by atoms with E-state index in [1.54, 1.807) is 0 Å². The largest absolute Gasteiger partial charge is 0.462 e. The Bertz CT molecular complexity index is 853. The van der Waals surface area contributed by atoms with E-state index in [0.717, 1.165) is 51.4 Å². The number of aliphatic hydroxyl groups excluding tert-OH is 1. The van der Waals surface area contributed by atoms with Crippen molar-refractivity contribution in [2.24, 2.45) is 0 Å². The lowest BCUT2D eigenvalue weighted by atomic mass is 10.1. The molecule has 276 valence electrons. The van der Waals surface area contributed by atoms with Crippen LogP contribution in [0.15, 0.2) is 60.8 Å². The minimum Gasteiger partial charge on any atom is -0.462 e. The van der Waals surface area contributed by atoms with Crippen molar-refractivity contribution in [3.05, 3.63) is 60.8 Å². The number of hydrogen-bond acceptors (Lipinski definition) is 5. The highest BCUT2D eigenvalue weighted by molar-refractivity contribution is 5.70. The summed E-state index contributed by atoms with van der Waals surface area (Å²) in [4.78, 5) is 24.2. The molecule has 1 atom stereocenters. The van der Waals surface area contributed by atoms with Crippen LogP contribution in [-0.4, -0.2) is 36.4 Å². The van der Waals surface area contributed by atoms with Crippen LogP contribution in [0.3, 0.4) is 0 Å². The van der Waals surface area contributed by atoms with Gasteiger partial charge in [0.2, 0.25) is 0 Å². The Morgan fingerprint density at radius 1 is 0.479 bits per heavy atom. The van der Waals surface area contributed by atoms with Gasteiger partial charge in [0, 0.05) is 12.8 Å². The predicted octanol–water partition coefficient (Wildman–Crippen LogP) is 12.4. The number of unbranched alkanes of at least 4 members (excludes halogenated alkanes) is 17. The van der Waals surface area contributed by atoms with Crippen LogP contribution in [0, 0.1) is 0 Å². The van der Waals surface area contributed by atoms with Gasteiger partial charge in [-0.25, -0.2) is 0 Å². The van der Waals surface area contributed by atoms with Crippen LogP contribution in [0.25, 0.3) is 0 Å². The lowest BCUT2D eigenvalue weighted by Gasteiger charge is -2.15. The molecule has 0 saturated carbocycles. The van der Waals surface area contributed by atoms with Crippen molar-refractivity contribution in [3.63, 3.8) is 0 Å². The first-order valence-corrected chi connectivity index (χ1v) is 19.8. The van der Waals surface area contributed by atoms with Crippen LogP contribution in [0.2, 0.25) is 0 Å². The monoisotopic (exact) mass is 671 g/mol. The van der Waals surface area contributed by atoms with Crippen molar-refractivity contribution in [1.82, 2.24) is 0 Å². The van der Waals surface area contributed by atoms with E-state index in [1.165, 1.54) is 96.3 Å². The van der Waals surface area contributed by atoms with Gasteiger partial charge in [0.15, 0.2) is 6.10 Å². The standard InChI is InChI=1S/C43H74O5/c1-3-5-7-9-11-13-15-17-18-19-20-21-22-23-24-26-27-29-31-33-35-37-42(45)47-40-41(39-44)48-43(46)38-36-34-32-30-28-25-16-14-12-10-8-6-4-2/h14,16,18-19,21-22,24,26,29,31,41,44H,3-13,15,17,20,23,25,27-28,30,32-40H2,1-2H3/b16-14+,19-18+,22-21+,26-24+,31-29+/t41-/m0/s1. The van der Waals surface area contributed by atoms with E-state index in [9.17, 15) is 14.7 Å². The molecule has 0 heterocycles. The fraction of sp³-hybridized carbons (Fsp3) is 0.721. The Morgan fingerprint density at radius 3 is 1.35 bits per heavy atom. The third-order valence-electron chi connectivity index (χ3n) is 8.28. The lowest BCUT2D eigenvalue weighted by molar-refractivity contribution is -0.161. The first kappa shape index (κ1) is 45.6. The minimum atomic E-state index is -0.798. The van der Waals surface area contributed by atoms with Gasteiger partial charge in [-0.15, -0.1) is 0 Å². The Morgan fingerprint density at radius 2 is 0.854 bits per heavy atom. The molecule has 1 N–H and O–H groups in total. The molecule has 5 heteroatoms. The van der Waals surface area contributed by atoms with E-state index in [0.29, 0.717) is 19.3 Å². The first-order valence-electron chi connectivity index (χ1n) is 19.8. The summed E-state index contributed by atoms with van der Waals surface area (Å²) in [7, 11) is 0. The molecular formula is C43H74O5. The third-order valence-corrected chi connectivity index (χ3v) is 8.28. The molecule has 5 nitrogen and oxygen atoms in total. The zero-order chi connectivity index (χ0) is 35.0. The summed E-state index contributed by atoms with van der Waals surface area (Å²) in [5, 5.41) is 9.53. The average molecular weight is 671 g/mol. The average Bonchev–Trinajstić information content (AvgIpc) is 3.09. The number of ether oxygens (including phenoxy) is 2. The van der Waals surface area contributed by atoms with E-state index >= 15 is 0 Å². The second kappa shape index (κ2) is 39.0. The molecule has 0 aromatic rings. The zero-order valence-electron chi connectivity index (χ0n) is 31.2. The summed E-state index contributed by atoms with van der Waals surface area (Å²) >= 11 is 0. The van der Waals surface area contributed by atoms with Crippen LogP contribution in [-0.2, 0) is 19.1 Å². The highest BCUT2D eigenvalue weighted by Gasteiger charge is 2.16. The van der Waals surface area contributed by atoms with E-state index < -0.39 is 6.10 Å². The number of esters is 2. The van der Waals surface area contributed by atoms with Crippen LogP contribution in [0.5, 0.6) is 0 Å². The molecule has 0 aliphatic carbocycles. The van der Waals surface area contributed by atoms with Gasteiger partial charge >= 0.3 is 11.9 Å². The van der Waals surface area contributed by atoms with Crippen LogP contribution in [0.1, 0.15) is 181 Å². The summed E-state index contributed by atoms with van der Waals surface area (Å²) in [6.07, 6.45) is 50.0. The van der Waals surface area contributed by atoms with Gasteiger partial charge in [-0.2, -0.15) is 0 Å². The summed E-state index contributed by atoms with van der Waals surface area (Å²) < 4.78 is 10.5. The second-order valence-electron chi connectivity index (χ2n) is 13.0. The molecule has 0 bridgehead atoms. The number of carbonyl (C=O) groups excluding carboxylic acids is 2. The fourth-order valence-corrected chi connectivity index (χ4v) is 5.25. The van der Waals surface area contributed by atoms with Gasteiger partial charge in [0.25, 0.3) is 0 Å². The number of allylic oxidation sites excluding steroid dienone is 10. The van der Waals surface area contributed by atoms with Gasteiger partial charge in [-0.05, 0) is 77.0 Å². The molecular weight excluding hydrogens is 596 g/mol. The second-order valence-corrected chi connectivity index (χ2v) is 13.0. The van der Waals surface area contributed by atoms with E-state index in [2.05, 4.69) is 74.6 Å². The van der Waals surface area contributed by atoms with Crippen molar-refractivity contribution < 1.29 is 24.2 Å². The summed E-state index contributed by atoms with van der Waals surface area (Å²) in [6, 6.07) is 0. The molecule has 0 spiro atoms. The highest BCUT2D eigenvalue weighted by Crippen LogP contribution is 2.11. The smallest absolute Gasteiger partial charge is 0.306 e. The van der Waals surface area contributed by atoms with Gasteiger partial charge < -0.3 is 14.6 Å². The van der Waals surface area contributed by atoms with Crippen molar-refractivity contribution in [3.8, 4) is 0 Å². The number of hydrogen-bond donors (Lipinski definition) is 1. The van der Waals surface area contributed by atoms with Crippen molar-refractivity contribution >= 4 is 11.9 Å². The maximum Gasteiger partial charge on any atom is 0.306 e. The third kappa shape index (κ3) is 36.4. The van der Waals surface area contributed by atoms with Gasteiger partial charge in [-0.3, -0.25) is 9.59 Å². The maximum absolute atomic E-state index is 12.1. The summed E-state index contributed by atoms with van der Waals surface area (Å²) in [6.45, 7) is 4.05. The molecule has 48 heavy (non-hydrogen) atoms. The lowest BCUT2D eigenvalue weighted by Crippen LogP contribution is -2.28. The Hall–Kier alpha value is -2.40. The quantitative estimate of drug-likeness (QED) is 0.0413. The predicted molar refractivity (Wildman–Crippen MR) is 205 cm³/mol. The molecule has 0 amide bonds. The number of aliphatic hydroxyl groups is 1. The Kier molecular flexibility index (Phi) is 37.1. The molecule has 0 rings (SSSR count). The molecule has 0 unspecified atom stereocenters. The van der Waals surface area contributed by atoms with Crippen molar-refractivity contribution in [2.45, 2.75) is 187 Å². The molecule has 0 fully saturated rings.